The molecule has 0 N–H and O–H groups in total. The highest BCUT2D eigenvalue weighted by atomic mass is 16.6. The molecule has 0 spiro atoms. The number of unbranched alkanes of at least 4 members (excludes halogenated alkanes) is 22. The largest absolute Gasteiger partial charge is 0.462 e. The summed E-state index contributed by atoms with van der Waals surface area (Å²) in [5.41, 5.74) is 0. The minimum atomic E-state index is -0.572. The molecular formula is C57H98O5. The van der Waals surface area contributed by atoms with E-state index in [-0.39, 0.29) is 25.2 Å². The van der Waals surface area contributed by atoms with E-state index in [1.165, 1.54) is 122 Å². The first kappa shape index (κ1) is 59.1. The molecule has 0 aromatic heterocycles. The topological polar surface area (TPSA) is 61.8 Å². The van der Waals surface area contributed by atoms with Crippen molar-refractivity contribution < 1.29 is 23.8 Å². The van der Waals surface area contributed by atoms with Crippen LogP contribution in [-0.2, 0) is 23.8 Å². The van der Waals surface area contributed by atoms with Crippen molar-refractivity contribution in [1.29, 1.82) is 0 Å². The molecule has 0 aliphatic heterocycles. The summed E-state index contributed by atoms with van der Waals surface area (Å²) in [7, 11) is 0. The molecular weight excluding hydrogens is 765 g/mol. The molecule has 0 radical (unpaired) electrons. The number of carbonyl (C=O) groups is 2. The first-order valence-electron chi connectivity index (χ1n) is 26.1. The Morgan fingerprint density at radius 1 is 0.371 bits per heavy atom. The molecule has 5 heteroatoms. The Balaban J connectivity index is 4.38. The molecule has 1 unspecified atom stereocenters. The second kappa shape index (κ2) is 52.4. The molecule has 0 saturated carbocycles. The van der Waals surface area contributed by atoms with Crippen LogP contribution >= 0.6 is 0 Å². The predicted molar refractivity (Wildman–Crippen MR) is 270 cm³/mol. The van der Waals surface area contributed by atoms with Crippen molar-refractivity contribution >= 4 is 11.9 Å². The summed E-state index contributed by atoms with van der Waals surface area (Å²) in [4.78, 5) is 25.4. The predicted octanol–water partition coefficient (Wildman–Crippen LogP) is 17.7. The average Bonchev–Trinajstić information content (AvgIpc) is 3.27. The van der Waals surface area contributed by atoms with Crippen LogP contribution in [0.1, 0.15) is 239 Å². The molecule has 0 aromatic rings. The van der Waals surface area contributed by atoms with Gasteiger partial charge in [0.05, 0.1) is 6.61 Å². The summed E-state index contributed by atoms with van der Waals surface area (Å²) in [6, 6.07) is 0. The summed E-state index contributed by atoms with van der Waals surface area (Å²) in [6.45, 7) is 7.63. The fourth-order valence-electron chi connectivity index (χ4n) is 7.06. The first-order chi connectivity index (χ1) is 30.6. The van der Waals surface area contributed by atoms with Crippen LogP contribution in [0.4, 0.5) is 0 Å². The lowest BCUT2D eigenvalue weighted by atomic mass is 10.1. The van der Waals surface area contributed by atoms with E-state index in [9.17, 15) is 9.59 Å². The highest BCUT2D eigenvalue weighted by Crippen LogP contribution is 2.14. The fourth-order valence-corrected chi connectivity index (χ4v) is 7.06. The van der Waals surface area contributed by atoms with Crippen LogP contribution in [0.3, 0.4) is 0 Å². The van der Waals surface area contributed by atoms with Gasteiger partial charge in [0.1, 0.15) is 6.61 Å². The zero-order chi connectivity index (χ0) is 44.9. The lowest BCUT2D eigenvalue weighted by molar-refractivity contribution is -0.162. The van der Waals surface area contributed by atoms with Crippen molar-refractivity contribution in [2.24, 2.45) is 0 Å². The molecule has 0 rings (SSSR count). The number of ether oxygens (including phenoxy) is 3. The van der Waals surface area contributed by atoms with Gasteiger partial charge in [0.25, 0.3) is 0 Å². The molecule has 0 heterocycles. The van der Waals surface area contributed by atoms with E-state index in [4.69, 9.17) is 14.2 Å². The van der Waals surface area contributed by atoms with Crippen LogP contribution in [-0.4, -0.2) is 37.9 Å². The van der Waals surface area contributed by atoms with Gasteiger partial charge < -0.3 is 14.2 Å². The van der Waals surface area contributed by atoms with Crippen LogP contribution in [0.5, 0.6) is 0 Å². The summed E-state index contributed by atoms with van der Waals surface area (Å²) < 4.78 is 17.3. The van der Waals surface area contributed by atoms with E-state index in [0.29, 0.717) is 25.9 Å². The molecule has 0 saturated heterocycles. The third kappa shape index (κ3) is 49.7. The monoisotopic (exact) mass is 863 g/mol. The molecule has 0 aromatic carbocycles. The van der Waals surface area contributed by atoms with Gasteiger partial charge in [0.15, 0.2) is 6.10 Å². The van der Waals surface area contributed by atoms with Crippen molar-refractivity contribution in [2.75, 3.05) is 19.8 Å². The highest BCUT2D eigenvalue weighted by molar-refractivity contribution is 5.70. The molecule has 0 aliphatic carbocycles. The quantitative estimate of drug-likeness (QED) is 0.0346. The summed E-state index contributed by atoms with van der Waals surface area (Å²) in [5, 5.41) is 0. The summed E-state index contributed by atoms with van der Waals surface area (Å²) in [5.74, 6) is -0.501. The lowest BCUT2D eigenvalue weighted by Gasteiger charge is -2.18. The van der Waals surface area contributed by atoms with Crippen molar-refractivity contribution in [1.82, 2.24) is 0 Å². The van der Waals surface area contributed by atoms with E-state index < -0.39 is 6.10 Å². The Bertz CT molecular complexity index is 1160. The van der Waals surface area contributed by atoms with Crippen LogP contribution in [0.15, 0.2) is 85.1 Å². The van der Waals surface area contributed by atoms with Gasteiger partial charge in [-0.2, -0.15) is 0 Å². The van der Waals surface area contributed by atoms with Crippen molar-refractivity contribution in [3.05, 3.63) is 85.1 Å². The van der Waals surface area contributed by atoms with E-state index in [1.807, 2.05) is 6.08 Å². The molecule has 0 fully saturated rings. The number of carbonyl (C=O) groups excluding carboxylic acids is 2. The van der Waals surface area contributed by atoms with Crippen molar-refractivity contribution in [3.8, 4) is 0 Å². The summed E-state index contributed by atoms with van der Waals surface area (Å²) in [6.07, 6.45) is 68.9. The standard InChI is InChI=1S/C57H98O5/c1-4-7-10-13-16-19-22-25-27-28-29-30-32-33-35-38-41-44-47-50-56(58)61-54-55(53-60-52-49-46-43-40-37-24-21-18-15-12-9-6-3)62-57(59)51-48-45-42-39-36-34-31-26-23-20-17-14-11-8-5-2/h7,10,16,19,25-27,29-31,33,35,41,44,55H,4-6,8-9,11-15,17-18,20-24,28,32,34,36-40,42-43,45-54H2,1-3H3/b10-7-,19-16-,27-25-,30-29-,31-26-,35-33-,44-41-. The lowest BCUT2D eigenvalue weighted by Crippen LogP contribution is -2.30. The fraction of sp³-hybridized carbons (Fsp3) is 0.719. The van der Waals surface area contributed by atoms with Gasteiger partial charge in [0.2, 0.25) is 0 Å². The second-order valence-electron chi connectivity index (χ2n) is 17.0. The van der Waals surface area contributed by atoms with Gasteiger partial charge in [-0.25, -0.2) is 0 Å². The molecule has 62 heavy (non-hydrogen) atoms. The Kier molecular flexibility index (Phi) is 50.0. The molecule has 0 amide bonds. The molecule has 0 bridgehead atoms. The molecule has 1 atom stereocenters. The maximum atomic E-state index is 12.8. The third-order valence-electron chi connectivity index (χ3n) is 10.9. The zero-order valence-electron chi connectivity index (χ0n) is 40.9. The molecule has 5 nitrogen and oxygen atoms in total. The minimum absolute atomic E-state index is 0.0408. The number of hydrogen-bond acceptors (Lipinski definition) is 5. The highest BCUT2D eigenvalue weighted by Gasteiger charge is 2.17. The normalized spacial score (nSPS) is 12.9. The van der Waals surface area contributed by atoms with E-state index in [1.54, 1.807) is 0 Å². The van der Waals surface area contributed by atoms with Gasteiger partial charge in [-0.3, -0.25) is 9.59 Å². The van der Waals surface area contributed by atoms with E-state index in [0.717, 1.165) is 77.0 Å². The average molecular weight is 863 g/mol. The SMILES string of the molecule is CC/C=C\C/C=C\C/C=C\C/C=C\C/C=C\C/C=C\CCC(=O)OCC(COCCCCCCCCCCCCCC)OC(=O)CCCCCCC/C=C\CCCCCCCC. The maximum absolute atomic E-state index is 12.8. The Morgan fingerprint density at radius 3 is 1.23 bits per heavy atom. The van der Waals surface area contributed by atoms with Crippen LogP contribution < -0.4 is 0 Å². The smallest absolute Gasteiger partial charge is 0.306 e. The number of hydrogen-bond donors (Lipinski definition) is 0. The number of esters is 2. The Morgan fingerprint density at radius 2 is 0.758 bits per heavy atom. The molecule has 0 aliphatic rings. The Labute approximate surface area is 384 Å². The second-order valence-corrected chi connectivity index (χ2v) is 17.0. The Hall–Kier alpha value is -2.92. The first-order valence-corrected chi connectivity index (χ1v) is 26.1. The van der Waals surface area contributed by atoms with Gasteiger partial charge in [-0.1, -0.05) is 228 Å². The summed E-state index contributed by atoms with van der Waals surface area (Å²) >= 11 is 0. The number of allylic oxidation sites excluding steroid dienone is 14. The van der Waals surface area contributed by atoms with Crippen molar-refractivity contribution in [3.63, 3.8) is 0 Å². The minimum Gasteiger partial charge on any atom is -0.462 e. The van der Waals surface area contributed by atoms with Gasteiger partial charge in [-0.05, 0) is 83.5 Å². The maximum Gasteiger partial charge on any atom is 0.306 e. The van der Waals surface area contributed by atoms with Crippen LogP contribution in [0.2, 0.25) is 0 Å². The van der Waals surface area contributed by atoms with Gasteiger partial charge in [0, 0.05) is 19.4 Å². The zero-order valence-corrected chi connectivity index (χ0v) is 40.9. The van der Waals surface area contributed by atoms with E-state index >= 15 is 0 Å². The number of rotatable bonds is 47. The third-order valence-corrected chi connectivity index (χ3v) is 10.9. The van der Waals surface area contributed by atoms with Gasteiger partial charge >= 0.3 is 11.9 Å². The van der Waals surface area contributed by atoms with Gasteiger partial charge in [-0.15, -0.1) is 0 Å². The molecule has 356 valence electrons. The van der Waals surface area contributed by atoms with E-state index in [2.05, 4.69) is 99.8 Å². The van der Waals surface area contributed by atoms with Crippen LogP contribution in [0, 0.1) is 0 Å². The van der Waals surface area contributed by atoms with Crippen molar-refractivity contribution in [2.45, 2.75) is 245 Å². The van der Waals surface area contributed by atoms with Crippen LogP contribution in [0.25, 0.3) is 0 Å².